The molecule has 0 aromatic carbocycles. The van der Waals surface area contributed by atoms with Gasteiger partial charge in [0.1, 0.15) is 5.69 Å². The van der Waals surface area contributed by atoms with Crippen molar-refractivity contribution in [3.05, 3.63) is 29.1 Å². The molecule has 0 aliphatic rings. The molecule has 2 aromatic rings. The lowest BCUT2D eigenvalue weighted by atomic mass is 10.3. The number of carbonyl (C=O) groups excluding carboxylic acids is 1. The summed E-state index contributed by atoms with van der Waals surface area (Å²) in [6.07, 6.45) is 0. The van der Waals surface area contributed by atoms with Crippen LogP contribution in [-0.2, 0) is 4.74 Å². The van der Waals surface area contributed by atoms with Gasteiger partial charge in [0.15, 0.2) is 5.13 Å². The molecule has 6 heteroatoms. The van der Waals surface area contributed by atoms with Crippen LogP contribution in [0.5, 0.6) is 0 Å². The van der Waals surface area contributed by atoms with Crippen molar-refractivity contribution in [1.82, 2.24) is 5.16 Å². The zero-order chi connectivity index (χ0) is 10.8. The van der Waals surface area contributed by atoms with Gasteiger partial charge in [0, 0.05) is 6.07 Å². The first kappa shape index (κ1) is 9.85. The summed E-state index contributed by atoms with van der Waals surface area (Å²) in [6, 6.07) is 4.31. The summed E-state index contributed by atoms with van der Waals surface area (Å²) in [5.74, 6) is -0.605. The lowest BCUT2D eigenvalue weighted by Gasteiger charge is -1.88. The molecule has 2 heterocycles. The first-order chi connectivity index (χ1) is 7.20. The smallest absolute Gasteiger partial charge is 0.376 e. The van der Waals surface area contributed by atoms with Gasteiger partial charge in [-0.1, -0.05) is 5.16 Å². The van der Waals surface area contributed by atoms with Gasteiger partial charge in [0.25, 0.3) is 0 Å². The molecule has 0 N–H and O–H groups in total. The molecule has 0 spiro atoms. The number of aromatic nitrogens is 1. The van der Waals surface area contributed by atoms with E-state index in [0.717, 1.165) is 11.3 Å². The summed E-state index contributed by atoms with van der Waals surface area (Å²) < 4.78 is 21.9. The minimum Gasteiger partial charge on any atom is -0.463 e. The highest BCUT2D eigenvalue weighted by Crippen LogP contribution is 2.26. The van der Waals surface area contributed by atoms with Crippen molar-refractivity contribution >= 4 is 17.3 Å². The summed E-state index contributed by atoms with van der Waals surface area (Å²) in [6.45, 7) is 0. The van der Waals surface area contributed by atoms with Crippen LogP contribution in [0, 0.1) is 5.13 Å². The van der Waals surface area contributed by atoms with Crippen molar-refractivity contribution in [3.8, 4) is 10.6 Å². The number of carbonyl (C=O) groups is 1. The molecule has 15 heavy (non-hydrogen) atoms. The number of hydrogen-bond acceptors (Lipinski definition) is 5. The number of esters is 1. The van der Waals surface area contributed by atoms with Crippen LogP contribution in [0.4, 0.5) is 4.39 Å². The fourth-order valence-corrected chi connectivity index (χ4v) is 1.72. The molecule has 0 bridgehead atoms. The number of ether oxygens (including phenoxy) is 1. The average molecular weight is 227 g/mol. The third-order valence-corrected chi connectivity index (χ3v) is 2.62. The van der Waals surface area contributed by atoms with Crippen LogP contribution < -0.4 is 0 Å². The van der Waals surface area contributed by atoms with E-state index < -0.39 is 5.97 Å². The number of thiophene rings is 1. The largest absolute Gasteiger partial charge is 0.463 e. The van der Waals surface area contributed by atoms with E-state index in [0.29, 0.717) is 10.6 Å². The molecular formula is C9H6FNO3S. The van der Waals surface area contributed by atoms with E-state index in [4.69, 9.17) is 4.52 Å². The molecule has 0 aliphatic heterocycles. The van der Waals surface area contributed by atoms with Crippen molar-refractivity contribution < 1.29 is 18.4 Å². The van der Waals surface area contributed by atoms with Crippen molar-refractivity contribution in [2.75, 3.05) is 7.11 Å². The van der Waals surface area contributed by atoms with Crippen LogP contribution >= 0.6 is 11.3 Å². The minimum atomic E-state index is -0.606. The minimum absolute atomic E-state index is 0.00121. The summed E-state index contributed by atoms with van der Waals surface area (Å²) >= 11 is 0.932. The SMILES string of the molecule is COC(=O)c1cc(-c2ccc(F)s2)no1. The quantitative estimate of drug-likeness (QED) is 0.739. The van der Waals surface area contributed by atoms with Gasteiger partial charge in [0.05, 0.1) is 12.0 Å². The predicted octanol–water partition coefficient (Wildman–Crippen LogP) is 2.33. The molecule has 0 fully saturated rings. The average Bonchev–Trinajstić information content (AvgIpc) is 2.84. The molecule has 0 unspecified atom stereocenters. The summed E-state index contributed by atoms with van der Waals surface area (Å²) in [5, 5.41) is 3.32. The van der Waals surface area contributed by atoms with E-state index in [2.05, 4.69) is 9.89 Å². The second-order valence-electron chi connectivity index (χ2n) is 2.67. The van der Waals surface area contributed by atoms with Gasteiger partial charge >= 0.3 is 5.97 Å². The van der Waals surface area contributed by atoms with E-state index in [9.17, 15) is 9.18 Å². The number of rotatable bonds is 2. The van der Waals surface area contributed by atoms with Crippen LogP contribution in [0.3, 0.4) is 0 Å². The van der Waals surface area contributed by atoms with E-state index in [1.54, 1.807) is 6.07 Å². The van der Waals surface area contributed by atoms with Crippen LogP contribution in [-0.4, -0.2) is 18.2 Å². The highest BCUT2D eigenvalue weighted by Gasteiger charge is 2.15. The van der Waals surface area contributed by atoms with Crippen molar-refractivity contribution in [2.24, 2.45) is 0 Å². The Morgan fingerprint density at radius 1 is 1.60 bits per heavy atom. The standard InChI is InChI=1S/C9H6FNO3S/c1-13-9(12)6-4-5(11-14-6)7-2-3-8(10)15-7/h2-4H,1H3. The highest BCUT2D eigenvalue weighted by atomic mass is 32.1. The first-order valence-corrected chi connectivity index (χ1v) is 4.83. The molecule has 0 amide bonds. The molecule has 2 rings (SSSR count). The van der Waals surface area contributed by atoms with E-state index >= 15 is 0 Å². The number of halogens is 1. The van der Waals surface area contributed by atoms with E-state index in [-0.39, 0.29) is 10.9 Å². The monoisotopic (exact) mass is 227 g/mol. The third kappa shape index (κ3) is 1.89. The first-order valence-electron chi connectivity index (χ1n) is 4.01. The van der Waals surface area contributed by atoms with Gasteiger partial charge in [-0.15, -0.1) is 11.3 Å². The Balaban J connectivity index is 2.31. The zero-order valence-corrected chi connectivity index (χ0v) is 8.51. The maximum absolute atomic E-state index is 12.7. The van der Waals surface area contributed by atoms with Crippen LogP contribution in [0.15, 0.2) is 22.7 Å². The maximum Gasteiger partial charge on any atom is 0.376 e. The Hall–Kier alpha value is -1.69. The Labute approximate surface area is 88.3 Å². The fourth-order valence-electron chi connectivity index (χ4n) is 1.04. The molecular weight excluding hydrogens is 221 g/mol. The molecule has 0 radical (unpaired) electrons. The van der Waals surface area contributed by atoms with Gasteiger partial charge in [-0.05, 0) is 12.1 Å². The molecule has 2 aromatic heterocycles. The summed E-state index contributed by atoms with van der Waals surface area (Å²) in [4.78, 5) is 11.6. The lowest BCUT2D eigenvalue weighted by molar-refractivity contribution is 0.0554. The predicted molar refractivity (Wildman–Crippen MR) is 51.1 cm³/mol. The van der Waals surface area contributed by atoms with Gasteiger partial charge in [0.2, 0.25) is 5.76 Å². The van der Waals surface area contributed by atoms with Crippen molar-refractivity contribution in [3.63, 3.8) is 0 Å². The second-order valence-corrected chi connectivity index (χ2v) is 3.71. The summed E-state index contributed by atoms with van der Waals surface area (Å²) in [7, 11) is 1.25. The van der Waals surface area contributed by atoms with E-state index in [1.165, 1.54) is 19.2 Å². The fraction of sp³-hybridized carbons (Fsp3) is 0.111. The van der Waals surface area contributed by atoms with Crippen LogP contribution in [0.1, 0.15) is 10.6 Å². The number of methoxy groups -OCH3 is 1. The normalized spacial score (nSPS) is 10.3. The van der Waals surface area contributed by atoms with Gasteiger partial charge in [-0.2, -0.15) is 4.39 Å². The Morgan fingerprint density at radius 2 is 2.40 bits per heavy atom. The topological polar surface area (TPSA) is 52.3 Å². The highest BCUT2D eigenvalue weighted by molar-refractivity contribution is 7.13. The Kier molecular flexibility index (Phi) is 2.51. The maximum atomic E-state index is 12.7. The van der Waals surface area contributed by atoms with Crippen molar-refractivity contribution in [1.29, 1.82) is 0 Å². The number of nitrogens with zero attached hydrogens (tertiary/aromatic N) is 1. The lowest BCUT2D eigenvalue weighted by Crippen LogP contribution is -1.98. The van der Waals surface area contributed by atoms with Gasteiger partial charge in [-0.25, -0.2) is 4.79 Å². The molecule has 0 atom stereocenters. The number of hydrogen-bond donors (Lipinski definition) is 0. The van der Waals surface area contributed by atoms with Gasteiger partial charge < -0.3 is 9.26 Å². The Morgan fingerprint density at radius 3 is 3.00 bits per heavy atom. The van der Waals surface area contributed by atoms with Crippen molar-refractivity contribution in [2.45, 2.75) is 0 Å². The molecule has 0 aliphatic carbocycles. The third-order valence-electron chi connectivity index (χ3n) is 1.72. The molecule has 78 valence electrons. The van der Waals surface area contributed by atoms with Gasteiger partial charge in [-0.3, -0.25) is 0 Å². The van der Waals surface area contributed by atoms with Crippen LogP contribution in [0.2, 0.25) is 0 Å². The molecule has 0 saturated carbocycles. The Bertz CT molecular complexity index is 491. The summed E-state index contributed by atoms with van der Waals surface area (Å²) in [5.41, 5.74) is 0.421. The molecule has 0 saturated heterocycles. The van der Waals surface area contributed by atoms with E-state index in [1.807, 2.05) is 0 Å². The zero-order valence-electron chi connectivity index (χ0n) is 7.69. The molecule has 4 nitrogen and oxygen atoms in total. The van der Waals surface area contributed by atoms with Crippen LogP contribution in [0.25, 0.3) is 10.6 Å². The second kappa shape index (κ2) is 3.82.